The zero-order valence-corrected chi connectivity index (χ0v) is 7.81. The summed E-state index contributed by atoms with van der Waals surface area (Å²) in [5.74, 6) is -0.862. The Hall–Kier alpha value is -0.960. The molecule has 0 unspecified atom stereocenters. The number of hydrogen-bond donors (Lipinski definition) is 1. The van der Waals surface area contributed by atoms with Crippen molar-refractivity contribution >= 4 is 17.7 Å². The molecule has 3 heteroatoms. The van der Waals surface area contributed by atoms with E-state index in [-0.39, 0.29) is 0 Å². The molecular weight excluding hydrogens is 172 g/mol. The minimum atomic E-state index is -0.862. The molecule has 0 radical (unpaired) electrons. The Bertz CT molecular complexity index is 307. The summed E-state index contributed by atoms with van der Waals surface area (Å²) >= 11 is 1.46. The Balaban J connectivity index is 3.20. The minimum absolute atomic E-state index is 0.383. The van der Waals surface area contributed by atoms with E-state index in [9.17, 15) is 4.79 Å². The maximum absolute atomic E-state index is 10.7. The molecule has 1 rings (SSSR count). The predicted octanol–water partition coefficient (Wildman–Crippen LogP) is 2.42. The number of benzene rings is 1. The largest absolute Gasteiger partial charge is 0.478 e. The van der Waals surface area contributed by atoms with Gasteiger partial charge in [-0.1, -0.05) is 6.07 Å². The highest BCUT2D eigenvalue weighted by Crippen LogP contribution is 2.21. The van der Waals surface area contributed by atoms with Crippen molar-refractivity contribution in [3.63, 3.8) is 0 Å². The van der Waals surface area contributed by atoms with Gasteiger partial charge in [-0.3, -0.25) is 0 Å². The molecule has 0 atom stereocenters. The molecule has 0 aromatic heterocycles. The second kappa shape index (κ2) is 3.63. The summed E-state index contributed by atoms with van der Waals surface area (Å²) in [6.45, 7) is 1.95. The fourth-order valence-electron chi connectivity index (χ4n) is 0.975. The monoisotopic (exact) mass is 182 g/mol. The highest BCUT2D eigenvalue weighted by molar-refractivity contribution is 7.98. The standard InChI is InChI=1S/C9H10O2S/c1-6-3-4-7(9(10)11)8(5-6)12-2/h3-5H,1-2H3,(H,10,11). The van der Waals surface area contributed by atoms with Crippen molar-refractivity contribution in [1.82, 2.24) is 0 Å². The van der Waals surface area contributed by atoms with Crippen LogP contribution in [0.3, 0.4) is 0 Å². The summed E-state index contributed by atoms with van der Waals surface area (Å²) in [6, 6.07) is 5.33. The summed E-state index contributed by atoms with van der Waals surface area (Å²) in [7, 11) is 0. The molecule has 2 nitrogen and oxygen atoms in total. The van der Waals surface area contributed by atoms with E-state index in [1.165, 1.54) is 11.8 Å². The molecule has 0 bridgehead atoms. The van der Waals surface area contributed by atoms with Gasteiger partial charge in [0.15, 0.2) is 0 Å². The van der Waals surface area contributed by atoms with E-state index in [0.717, 1.165) is 10.5 Å². The van der Waals surface area contributed by atoms with Gasteiger partial charge in [-0.15, -0.1) is 11.8 Å². The average Bonchev–Trinajstić information content (AvgIpc) is 2.03. The van der Waals surface area contributed by atoms with Crippen LogP contribution in [-0.4, -0.2) is 17.3 Å². The Morgan fingerprint density at radius 3 is 2.67 bits per heavy atom. The Morgan fingerprint density at radius 2 is 2.17 bits per heavy atom. The molecule has 1 aromatic rings. The van der Waals surface area contributed by atoms with Crippen LogP contribution < -0.4 is 0 Å². The van der Waals surface area contributed by atoms with Crippen LogP contribution >= 0.6 is 11.8 Å². The zero-order chi connectivity index (χ0) is 9.14. The summed E-state index contributed by atoms with van der Waals surface area (Å²) in [5.41, 5.74) is 1.47. The lowest BCUT2D eigenvalue weighted by Crippen LogP contribution is -1.98. The summed E-state index contributed by atoms with van der Waals surface area (Å²) in [5, 5.41) is 8.77. The molecule has 64 valence electrons. The third kappa shape index (κ3) is 1.80. The van der Waals surface area contributed by atoms with E-state index in [4.69, 9.17) is 5.11 Å². The number of thioether (sulfide) groups is 1. The minimum Gasteiger partial charge on any atom is -0.478 e. The number of carbonyl (C=O) groups is 1. The van der Waals surface area contributed by atoms with Crippen LogP contribution in [-0.2, 0) is 0 Å². The van der Waals surface area contributed by atoms with E-state index in [2.05, 4.69) is 0 Å². The lowest BCUT2D eigenvalue weighted by Gasteiger charge is -2.02. The summed E-state index contributed by atoms with van der Waals surface area (Å²) < 4.78 is 0. The lowest BCUT2D eigenvalue weighted by molar-refractivity contribution is 0.0693. The smallest absolute Gasteiger partial charge is 0.336 e. The first-order valence-electron chi connectivity index (χ1n) is 3.53. The van der Waals surface area contributed by atoms with Gasteiger partial charge in [0.2, 0.25) is 0 Å². The first-order chi connectivity index (χ1) is 5.65. The van der Waals surface area contributed by atoms with Crippen LogP contribution in [0, 0.1) is 6.92 Å². The van der Waals surface area contributed by atoms with E-state index < -0.39 is 5.97 Å². The van der Waals surface area contributed by atoms with Crippen molar-refractivity contribution in [2.45, 2.75) is 11.8 Å². The number of hydrogen-bond acceptors (Lipinski definition) is 2. The number of carboxylic acid groups (broad SMARTS) is 1. The Labute approximate surface area is 75.6 Å². The van der Waals surface area contributed by atoms with Gasteiger partial charge in [0, 0.05) is 4.90 Å². The number of aromatic carboxylic acids is 1. The normalized spacial score (nSPS) is 9.83. The first kappa shape index (κ1) is 9.13. The quantitative estimate of drug-likeness (QED) is 0.714. The molecule has 0 spiro atoms. The maximum atomic E-state index is 10.7. The topological polar surface area (TPSA) is 37.3 Å². The van der Waals surface area contributed by atoms with Crippen molar-refractivity contribution in [1.29, 1.82) is 0 Å². The zero-order valence-electron chi connectivity index (χ0n) is 7.00. The number of carboxylic acids is 1. The first-order valence-corrected chi connectivity index (χ1v) is 4.75. The van der Waals surface area contributed by atoms with Crippen molar-refractivity contribution < 1.29 is 9.90 Å². The number of rotatable bonds is 2. The summed E-state index contributed by atoms with van der Waals surface area (Å²) in [6.07, 6.45) is 1.88. The van der Waals surface area contributed by atoms with Crippen LogP contribution in [0.25, 0.3) is 0 Å². The molecule has 1 aromatic carbocycles. The van der Waals surface area contributed by atoms with Crippen LogP contribution in [0.4, 0.5) is 0 Å². The van der Waals surface area contributed by atoms with Gasteiger partial charge in [-0.2, -0.15) is 0 Å². The molecule has 0 amide bonds. The van der Waals surface area contributed by atoms with E-state index in [0.29, 0.717) is 5.56 Å². The molecule has 0 aliphatic rings. The van der Waals surface area contributed by atoms with Crippen LogP contribution in [0.15, 0.2) is 23.1 Å². The maximum Gasteiger partial charge on any atom is 0.336 e. The van der Waals surface area contributed by atoms with E-state index in [1.807, 2.05) is 25.3 Å². The van der Waals surface area contributed by atoms with Gasteiger partial charge >= 0.3 is 5.97 Å². The molecular formula is C9H10O2S. The van der Waals surface area contributed by atoms with Gasteiger partial charge in [0.25, 0.3) is 0 Å². The van der Waals surface area contributed by atoms with Gasteiger partial charge in [-0.05, 0) is 30.9 Å². The molecule has 0 heterocycles. The van der Waals surface area contributed by atoms with Crippen LogP contribution in [0.5, 0.6) is 0 Å². The SMILES string of the molecule is CSc1cc(C)ccc1C(=O)O. The van der Waals surface area contributed by atoms with Crippen molar-refractivity contribution in [3.8, 4) is 0 Å². The number of aryl methyl sites for hydroxylation is 1. The third-order valence-electron chi connectivity index (χ3n) is 1.59. The highest BCUT2D eigenvalue weighted by atomic mass is 32.2. The molecule has 0 aliphatic carbocycles. The molecule has 1 N–H and O–H groups in total. The fraction of sp³-hybridized carbons (Fsp3) is 0.222. The molecule has 0 fully saturated rings. The van der Waals surface area contributed by atoms with Gasteiger partial charge in [0.1, 0.15) is 0 Å². The van der Waals surface area contributed by atoms with Crippen LogP contribution in [0.2, 0.25) is 0 Å². The second-order valence-electron chi connectivity index (χ2n) is 2.51. The van der Waals surface area contributed by atoms with Gasteiger partial charge < -0.3 is 5.11 Å². The van der Waals surface area contributed by atoms with Gasteiger partial charge in [-0.25, -0.2) is 4.79 Å². The molecule has 12 heavy (non-hydrogen) atoms. The van der Waals surface area contributed by atoms with Crippen molar-refractivity contribution in [2.24, 2.45) is 0 Å². The third-order valence-corrected chi connectivity index (χ3v) is 2.37. The molecule has 0 saturated heterocycles. The highest BCUT2D eigenvalue weighted by Gasteiger charge is 2.07. The fourth-order valence-corrected chi connectivity index (χ4v) is 1.65. The average molecular weight is 182 g/mol. The van der Waals surface area contributed by atoms with Gasteiger partial charge in [0.05, 0.1) is 5.56 Å². The predicted molar refractivity (Wildman–Crippen MR) is 49.9 cm³/mol. The van der Waals surface area contributed by atoms with Crippen LogP contribution in [0.1, 0.15) is 15.9 Å². The molecule has 0 saturated carbocycles. The Kier molecular flexibility index (Phi) is 2.76. The Morgan fingerprint density at radius 1 is 1.50 bits per heavy atom. The van der Waals surface area contributed by atoms with Crippen molar-refractivity contribution in [3.05, 3.63) is 29.3 Å². The summed E-state index contributed by atoms with van der Waals surface area (Å²) in [4.78, 5) is 11.5. The molecule has 0 aliphatic heterocycles. The van der Waals surface area contributed by atoms with Crippen molar-refractivity contribution in [2.75, 3.05) is 6.26 Å². The van der Waals surface area contributed by atoms with E-state index in [1.54, 1.807) is 6.07 Å². The van der Waals surface area contributed by atoms with E-state index >= 15 is 0 Å². The lowest BCUT2D eigenvalue weighted by atomic mass is 10.1. The second-order valence-corrected chi connectivity index (χ2v) is 3.36.